The highest BCUT2D eigenvalue weighted by Crippen LogP contribution is 2.20. The number of ether oxygens (including phenoxy) is 1. The molecule has 0 aliphatic rings. The maximum Gasteiger partial charge on any atom is 0.328 e. The second kappa shape index (κ2) is 6.04. The van der Waals surface area contributed by atoms with E-state index in [1.165, 1.54) is 0 Å². The molecule has 3 aromatic rings. The summed E-state index contributed by atoms with van der Waals surface area (Å²) in [6.45, 7) is 0. The molecule has 2 aromatic heterocycles. The maximum absolute atomic E-state index is 5.67. The summed E-state index contributed by atoms with van der Waals surface area (Å²) in [5, 5.41) is 6.98. The minimum Gasteiger partial charge on any atom is -0.424 e. The van der Waals surface area contributed by atoms with Crippen LogP contribution in [0.15, 0.2) is 42.7 Å². The highest BCUT2D eigenvalue weighted by atomic mass is 127. The van der Waals surface area contributed by atoms with Crippen LogP contribution in [-0.4, -0.2) is 31.8 Å². The van der Waals surface area contributed by atoms with Crippen LogP contribution in [-0.2, 0) is 0 Å². The Morgan fingerprint density at radius 1 is 1.14 bits per heavy atom. The second-order valence-corrected chi connectivity index (χ2v) is 5.24. The van der Waals surface area contributed by atoms with Crippen molar-refractivity contribution in [2.75, 3.05) is 12.4 Å². The van der Waals surface area contributed by atoms with Gasteiger partial charge in [-0.2, -0.15) is 20.1 Å². The molecule has 2 heterocycles. The van der Waals surface area contributed by atoms with Crippen LogP contribution in [0.4, 0.5) is 5.95 Å². The van der Waals surface area contributed by atoms with Gasteiger partial charge in [0.15, 0.2) is 0 Å². The first kappa shape index (κ1) is 13.7. The summed E-state index contributed by atoms with van der Waals surface area (Å²) in [5.74, 6) is 1.46. The van der Waals surface area contributed by atoms with Crippen LogP contribution in [0.2, 0.25) is 0 Å². The highest BCUT2D eigenvalue weighted by Gasteiger charge is 2.09. The van der Waals surface area contributed by atoms with Gasteiger partial charge in [-0.25, -0.2) is 4.68 Å². The van der Waals surface area contributed by atoms with Gasteiger partial charge >= 0.3 is 6.01 Å². The topological polar surface area (TPSA) is 77.8 Å². The van der Waals surface area contributed by atoms with Crippen molar-refractivity contribution in [1.29, 1.82) is 0 Å². The molecule has 1 N–H and O–H groups in total. The Balaban J connectivity index is 1.94. The molecule has 0 bridgehead atoms. The molecule has 0 spiro atoms. The molecule has 0 aliphatic carbocycles. The third-order valence-electron chi connectivity index (χ3n) is 2.56. The third kappa shape index (κ3) is 3.27. The lowest BCUT2D eigenvalue weighted by atomic mass is 10.3. The molecule has 0 amide bonds. The number of anilines is 1. The molecule has 3 rings (SSSR count). The normalized spacial score (nSPS) is 10.4. The lowest BCUT2D eigenvalue weighted by molar-refractivity contribution is 0.438. The predicted molar refractivity (Wildman–Crippen MR) is 85.7 cm³/mol. The van der Waals surface area contributed by atoms with Crippen molar-refractivity contribution >= 4 is 28.5 Å². The van der Waals surface area contributed by atoms with Crippen molar-refractivity contribution < 1.29 is 4.74 Å². The van der Waals surface area contributed by atoms with E-state index in [0.29, 0.717) is 17.6 Å². The molecule has 0 unspecified atom stereocenters. The van der Waals surface area contributed by atoms with E-state index in [1.54, 1.807) is 30.2 Å². The molecule has 0 saturated carbocycles. The van der Waals surface area contributed by atoms with Crippen molar-refractivity contribution in [3.8, 4) is 17.7 Å². The van der Waals surface area contributed by atoms with Crippen LogP contribution < -0.4 is 10.1 Å². The van der Waals surface area contributed by atoms with E-state index >= 15 is 0 Å². The average molecular weight is 394 g/mol. The van der Waals surface area contributed by atoms with Crippen LogP contribution >= 0.6 is 22.6 Å². The Kier molecular flexibility index (Phi) is 3.95. The quantitative estimate of drug-likeness (QED) is 0.686. The number of aromatic nitrogens is 5. The van der Waals surface area contributed by atoms with E-state index in [9.17, 15) is 0 Å². The number of hydrogen-bond donors (Lipinski definition) is 1. The van der Waals surface area contributed by atoms with Gasteiger partial charge < -0.3 is 10.1 Å². The summed E-state index contributed by atoms with van der Waals surface area (Å²) in [4.78, 5) is 12.7. The lowest BCUT2D eigenvalue weighted by Crippen LogP contribution is -2.08. The molecule has 0 saturated heterocycles. The largest absolute Gasteiger partial charge is 0.424 e. The number of benzene rings is 1. The van der Waals surface area contributed by atoms with Gasteiger partial charge in [0.25, 0.3) is 5.95 Å². The first-order valence-electron chi connectivity index (χ1n) is 6.12. The summed E-state index contributed by atoms with van der Waals surface area (Å²) in [7, 11) is 1.73. The Morgan fingerprint density at radius 2 is 1.95 bits per heavy atom. The molecule has 7 nitrogen and oxygen atoms in total. The van der Waals surface area contributed by atoms with E-state index in [2.05, 4.69) is 48.0 Å². The molecule has 0 radical (unpaired) electrons. The number of nitrogens with zero attached hydrogens (tertiary/aromatic N) is 5. The Bertz CT molecular complexity index is 729. The summed E-state index contributed by atoms with van der Waals surface area (Å²) in [5.41, 5.74) is 0. The number of halogens is 1. The van der Waals surface area contributed by atoms with Crippen LogP contribution in [0.25, 0.3) is 5.95 Å². The smallest absolute Gasteiger partial charge is 0.328 e. The lowest BCUT2D eigenvalue weighted by Gasteiger charge is -2.07. The summed E-state index contributed by atoms with van der Waals surface area (Å²) >= 11 is 2.23. The monoisotopic (exact) mass is 394 g/mol. The molecular formula is C13H11IN6O. The van der Waals surface area contributed by atoms with Crippen molar-refractivity contribution in [1.82, 2.24) is 24.7 Å². The minimum absolute atomic E-state index is 0.209. The Hall–Kier alpha value is -2.23. The molecule has 1 aromatic carbocycles. The van der Waals surface area contributed by atoms with E-state index in [0.717, 1.165) is 3.57 Å². The van der Waals surface area contributed by atoms with Gasteiger partial charge in [-0.05, 0) is 52.9 Å². The molecule has 21 heavy (non-hydrogen) atoms. The third-order valence-corrected chi connectivity index (χ3v) is 3.28. The molecular weight excluding hydrogens is 383 g/mol. The van der Waals surface area contributed by atoms with Gasteiger partial charge in [-0.1, -0.05) is 0 Å². The van der Waals surface area contributed by atoms with Gasteiger partial charge in [0.2, 0.25) is 5.95 Å². The first-order chi connectivity index (χ1) is 10.2. The zero-order valence-electron chi connectivity index (χ0n) is 11.1. The van der Waals surface area contributed by atoms with Crippen molar-refractivity contribution in [2.45, 2.75) is 0 Å². The van der Waals surface area contributed by atoms with E-state index in [-0.39, 0.29) is 6.01 Å². The minimum atomic E-state index is 0.209. The Morgan fingerprint density at radius 3 is 2.62 bits per heavy atom. The Labute approximate surface area is 134 Å². The number of rotatable bonds is 4. The molecule has 0 atom stereocenters. The van der Waals surface area contributed by atoms with Gasteiger partial charge in [0.05, 0.1) is 0 Å². The van der Waals surface area contributed by atoms with Crippen LogP contribution in [0.1, 0.15) is 0 Å². The van der Waals surface area contributed by atoms with Crippen LogP contribution in [0, 0.1) is 3.57 Å². The summed E-state index contributed by atoms with van der Waals surface area (Å²) in [6.07, 6.45) is 3.41. The fourth-order valence-electron chi connectivity index (χ4n) is 1.60. The number of nitrogens with one attached hydrogen (secondary N) is 1. The van der Waals surface area contributed by atoms with Crippen LogP contribution in [0.3, 0.4) is 0 Å². The van der Waals surface area contributed by atoms with Gasteiger partial charge in [-0.15, -0.1) is 0 Å². The maximum atomic E-state index is 5.67. The molecule has 0 fully saturated rings. The fraction of sp³-hybridized carbons (Fsp3) is 0.0769. The average Bonchev–Trinajstić information content (AvgIpc) is 3.04. The predicted octanol–water partition coefficient (Wildman–Crippen LogP) is 2.50. The van der Waals surface area contributed by atoms with Gasteiger partial charge in [0, 0.05) is 23.0 Å². The summed E-state index contributed by atoms with van der Waals surface area (Å²) in [6, 6.07) is 9.62. The highest BCUT2D eigenvalue weighted by molar-refractivity contribution is 14.1. The van der Waals surface area contributed by atoms with Crippen molar-refractivity contribution in [3.63, 3.8) is 0 Å². The van der Waals surface area contributed by atoms with Crippen molar-refractivity contribution in [2.24, 2.45) is 0 Å². The molecule has 8 heteroatoms. The number of hydrogen-bond acceptors (Lipinski definition) is 6. The molecule has 106 valence electrons. The zero-order valence-corrected chi connectivity index (χ0v) is 13.2. The summed E-state index contributed by atoms with van der Waals surface area (Å²) < 4.78 is 8.34. The zero-order chi connectivity index (χ0) is 14.7. The second-order valence-electron chi connectivity index (χ2n) is 4.00. The van der Waals surface area contributed by atoms with Crippen LogP contribution in [0.5, 0.6) is 11.8 Å². The van der Waals surface area contributed by atoms with Gasteiger partial charge in [-0.3, -0.25) is 0 Å². The van der Waals surface area contributed by atoms with Crippen molar-refractivity contribution in [3.05, 3.63) is 46.3 Å². The first-order valence-corrected chi connectivity index (χ1v) is 7.20. The molecule has 0 aliphatic heterocycles. The van der Waals surface area contributed by atoms with Gasteiger partial charge in [0.1, 0.15) is 5.75 Å². The standard InChI is InChI=1S/C13H11IN6O/c1-15-11-17-12(20-8-2-7-16-20)19-13(18-11)21-10-5-3-9(14)4-6-10/h2-8H,1H3,(H,15,17,18,19). The fourth-order valence-corrected chi connectivity index (χ4v) is 1.96. The van der Waals surface area contributed by atoms with E-state index < -0.39 is 0 Å². The van der Waals surface area contributed by atoms with E-state index in [4.69, 9.17) is 4.74 Å². The van der Waals surface area contributed by atoms with E-state index in [1.807, 2.05) is 24.3 Å². The SMILES string of the molecule is CNc1nc(Oc2ccc(I)cc2)nc(-n2cccn2)n1.